The van der Waals surface area contributed by atoms with Gasteiger partial charge in [-0.3, -0.25) is 4.79 Å². The van der Waals surface area contributed by atoms with Crippen LogP contribution >= 0.6 is 12.4 Å². The number of rotatable bonds is 3. The van der Waals surface area contributed by atoms with E-state index in [1.807, 2.05) is 11.9 Å². The molecule has 0 aromatic rings. The van der Waals surface area contributed by atoms with Gasteiger partial charge in [-0.25, -0.2) is 0 Å². The van der Waals surface area contributed by atoms with E-state index in [2.05, 4.69) is 12.2 Å². The van der Waals surface area contributed by atoms with E-state index in [1.54, 1.807) is 0 Å². The van der Waals surface area contributed by atoms with Crippen molar-refractivity contribution in [2.75, 3.05) is 20.1 Å². The predicted molar refractivity (Wildman–Crippen MR) is 64.9 cm³/mol. The first-order chi connectivity index (χ1) is 7.22. The van der Waals surface area contributed by atoms with Crippen LogP contribution in [0.5, 0.6) is 0 Å². The van der Waals surface area contributed by atoms with E-state index < -0.39 is 0 Å². The zero-order valence-corrected chi connectivity index (χ0v) is 10.8. The highest BCUT2D eigenvalue weighted by molar-refractivity contribution is 5.85. The number of carbonyl (C=O) groups excluding carboxylic acids is 1. The number of ether oxygens (including phenoxy) is 1. The molecule has 4 nitrogen and oxygen atoms in total. The maximum atomic E-state index is 12.0. The summed E-state index contributed by atoms with van der Waals surface area (Å²) in [7, 11) is 1.89. The fourth-order valence-corrected chi connectivity index (χ4v) is 2.14. The van der Waals surface area contributed by atoms with E-state index in [0.29, 0.717) is 12.1 Å². The van der Waals surface area contributed by atoms with E-state index in [1.165, 1.54) is 0 Å². The van der Waals surface area contributed by atoms with Crippen LogP contribution in [0.15, 0.2) is 0 Å². The van der Waals surface area contributed by atoms with Crippen LogP contribution < -0.4 is 5.32 Å². The van der Waals surface area contributed by atoms with Gasteiger partial charge in [0, 0.05) is 20.1 Å². The molecule has 0 aliphatic carbocycles. The Morgan fingerprint density at radius 1 is 1.44 bits per heavy atom. The first-order valence-electron chi connectivity index (χ1n) is 5.85. The summed E-state index contributed by atoms with van der Waals surface area (Å²) in [5.74, 6) is 0.164. The maximum Gasteiger partial charge on any atom is 0.251 e. The Morgan fingerprint density at radius 2 is 2.12 bits per heavy atom. The van der Waals surface area contributed by atoms with Crippen LogP contribution in [0.25, 0.3) is 0 Å². The Morgan fingerprint density at radius 3 is 2.56 bits per heavy atom. The lowest BCUT2D eigenvalue weighted by Crippen LogP contribution is -2.59. The molecule has 2 atom stereocenters. The number of likely N-dealkylation sites (N-methyl/N-ethyl adjacent to an activating group) is 1. The Bertz CT molecular complexity index is 246. The number of amides is 1. The number of halogens is 1. The van der Waals surface area contributed by atoms with Crippen molar-refractivity contribution in [2.24, 2.45) is 0 Å². The molecule has 0 spiro atoms. The Balaban J connectivity index is 0.00000128. The zero-order chi connectivity index (χ0) is 10.8. The van der Waals surface area contributed by atoms with Crippen molar-refractivity contribution in [3.8, 4) is 0 Å². The van der Waals surface area contributed by atoms with E-state index >= 15 is 0 Å². The van der Waals surface area contributed by atoms with Crippen LogP contribution in [0.1, 0.15) is 26.2 Å². The average molecular weight is 249 g/mol. The third-order valence-corrected chi connectivity index (χ3v) is 3.49. The van der Waals surface area contributed by atoms with Crippen molar-refractivity contribution >= 4 is 18.3 Å². The van der Waals surface area contributed by atoms with Crippen molar-refractivity contribution in [3.05, 3.63) is 0 Å². The minimum absolute atomic E-state index is 0. The molecule has 0 radical (unpaired) electrons. The first-order valence-corrected chi connectivity index (χ1v) is 5.85. The summed E-state index contributed by atoms with van der Waals surface area (Å²) in [6.07, 6.45) is 3.05. The molecule has 2 heterocycles. The lowest BCUT2D eigenvalue weighted by Gasteiger charge is -2.36. The van der Waals surface area contributed by atoms with E-state index in [9.17, 15) is 4.79 Å². The van der Waals surface area contributed by atoms with Crippen molar-refractivity contribution < 1.29 is 9.53 Å². The molecule has 0 saturated carbocycles. The van der Waals surface area contributed by atoms with Crippen molar-refractivity contribution in [1.29, 1.82) is 0 Å². The smallest absolute Gasteiger partial charge is 0.251 e. The molecule has 0 aromatic carbocycles. The lowest BCUT2D eigenvalue weighted by molar-refractivity contribution is -0.144. The molecular formula is C11H21ClN2O2. The third-order valence-electron chi connectivity index (χ3n) is 3.49. The highest BCUT2D eigenvalue weighted by Crippen LogP contribution is 2.23. The average Bonchev–Trinajstić information content (AvgIpc) is 2.61. The lowest BCUT2D eigenvalue weighted by atomic mass is 10.1. The fourth-order valence-electron chi connectivity index (χ4n) is 2.14. The van der Waals surface area contributed by atoms with E-state index in [0.717, 1.165) is 32.4 Å². The molecule has 94 valence electrons. The third kappa shape index (κ3) is 2.67. The molecule has 0 aromatic heterocycles. The number of nitrogens with one attached hydrogen (secondary N) is 1. The van der Waals surface area contributed by atoms with E-state index in [-0.39, 0.29) is 24.4 Å². The van der Waals surface area contributed by atoms with Crippen molar-refractivity contribution in [3.63, 3.8) is 0 Å². The summed E-state index contributed by atoms with van der Waals surface area (Å²) >= 11 is 0. The molecular weight excluding hydrogens is 228 g/mol. The van der Waals surface area contributed by atoms with Gasteiger partial charge in [-0.2, -0.15) is 0 Å². The molecule has 16 heavy (non-hydrogen) atoms. The summed E-state index contributed by atoms with van der Waals surface area (Å²) in [6, 6.07) is 0.377. The van der Waals surface area contributed by atoms with Crippen LogP contribution in [0.4, 0.5) is 0 Å². The second-order valence-corrected chi connectivity index (χ2v) is 4.49. The monoisotopic (exact) mass is 248 g/mol. The molecule has 2 aliphatic heterocycles. The van der Waals surface area contributed by atoms with Gasteiger partial charge >= 0.3 is 0 Å². The topological polar surface area (TPSA) is 41.6 Å². The molecule has 0 bridgehead atoms. The van der Waals surface area contributed by atoms with Crippen LogP contribution in [-0.4, -0.2) is 49.2 Å². The molecule has 2 fully saturated rings. The Kier molecular flexibility index (Phi) is 5.02. The minimum atomic E-state index is -0.180. The number of nitrogens with zero attached hydrogens (tertiary/aromatic N) is 1. The summed E-state index contributed by atoms with van der Waals surface area (Å²) in [5, 5.41) is 3.17. The summed E-state index contributed by atoms with van der Waals surface area (Å²) in [6.45, 7) is 3.95. The molecule has 2 unspecified atom stereocenters. The maximum absolute atomic E-state index is 12.0. The summed E-state index contributed by atoms with van der Waals surface area (Å²) in [4.78, 5) is 13.9. The Labute approximate surface area is 103 Å². The fraction of sp³-hybridized carbons (Fsp3) is 0.909. The van der Waals surface area contributed by atoms with Crippen molar-refractivity contribution in [2.45, 2.75) is 44.4 Å². The minimum Gasteiger partial charge on any atom is -0.365 e. The number of carbonyl (C=O) groups is 1. The van der Waals surface area contributed by atoms with Gasteiger partial charge in [0.2, 0.25) is 0 Å². The molecule has 2 rings (SSSR count). The normalized spacial score (nSPS) is 29.4. The van der Waals surface area contributed by atoms with Gasteiger partial charge in [-0.1, -0.05) is 6.92 Å². The molecule has 2 aliphatic rings. The summed E-state index contributed by atoms with van der Waals surface area (Å²) in [5.41, 5.74) is 0. The zero-order valence-electron chi connectivity index (χ0n) is 9.94. The van der Waals surface area contributed by atoms with Crippen LogP contribution in [0.2, 0.25) is 0 Å². The predicted octanol–water partition coefficient (Wildman–Crippen LogP) is 0.796. The second kappa shape index (κ2) is 5.84. The Hall–Kier alpha value is -0.320. The first kappa shape index (κ1) is 13.7. The number of hydrogen-bond donors (Lipinski definition) is 1. The molecule has 1 amide bonds. The van der Waals surface area contributed by atoms with Gasteiger partial charge in [0.25, 0.3) is 5.91 Å². The SMILES string of the molecule is CCC1CCC(C(=O)N(C)C2CNC2)O1.Cl. The highest BCUT2D eigenvalue weighted by atomic mass is 35.5. The van der Waals surface area contributed by atoms with Gasteiger partial charge in [0.1, 0.15) is 6.10 Å². The quantitative estimate of drug-likeness (QED) is 0.803. The number of hydrogen-bond acceptors (Lipinski definition) is 3. The van der Waals surface area contributed by atoms with Crippen LogP contribution in [-0.2, 0) is 9.53 Å². The van der Waals surface area contributed by atoms with Gasteiger partial charge in [-0.05, 0) is 19.3 Å². The van der Waals surface area contributed by atoms with Gasteiger partial charge in [0.15, 0.2) is 0 Å². The van der Waals surface area contributed by atoms with Crippen molar-refractivity contribution in [1.82, 2.24) is 10.2 Å². The van der Waals surface area contributed by atoms with Gasteiger partial charge in [-0.15, -0.1) is 12.4 Å². The molecule has 2 saturated heterocycles. The van der Waals surface area contributed by atoms with Crippen LogP contribution in [0, 0.1) is 0 Å². The van der Waals surface area contributed by atoms with E-state index in [4.69, 9.17) is 4.74 Å². The second-order valence-electron chi connectivity index (χ2n) is 4.49. The van der Waals surface area contributed by atoms with Crippen LogP contribution in [0.3, 0.4) is 0 Å². The molecule has 5 heteroatoms. The summed E-state index contributed by atoms with van der Waals surface area (Å²) < 4.78 is 5.70. The standard InChI is InChI=1S/C11H20N2O2.ClH/c1-3-9-4-5-10(15-9)11(14)13(2)8-6-12-7-8;/h8-10,12H,3-7H2,1-2H3;1H. The van der Waals surface area contributed by atoms with Gasteiger partial charge in [0.05, 0.1) is 12.1 Å². The largest absolute Gasteiger partial charge is 0.365 e. The van der Waals surface area contributed by atoms with Gasteiger partial charge < -0.3 is 15.0 Å². The molecule has 1 N–H and O–H groups in total. The highest BCUT2D eigenvalue weighted by Gasteiger charge is 2.35.